The summed E-state index contributed by atoms with van der Waals surface area (Å²) >= 11 is 0. The summed E-state index contributed by atoms with van der Waals surface area (Å²) < 4.78 is 69.7. The Hall–Kier alpha value is -2.57. The summed E-state index contributed by atoms with van der Waals surface area (Å²) in [6.07, 6.45) is 0.560. The lowest BCUT2D eigenvalue weighted by atomic mass is 10.0. The van der Waals surface area contributed by atoms with Crippen molar-refractivity contribution in [1.29, 1.82) is 0 Å². The van der Waals surface area contributed by atoms with Gasteiger partial charge in [-0.3, -0.25) is 4.57 Å². The first-order valence-electron chi connectivity index (χ1n) is 11.5. The molecule has 0 amide bonds. The standard InChI is InChI=1S/C24H28F3N4O3S2/c1-30-17-28-29-23(30)35(22-6-3-5-20(16-22)24(25,26)27)14-4-11-31-12-9-18-7-8-21(34-36(2,32)33)15-19(18)10-13-31/h3,5-8,15-17H,4,9-14H2,1-2H3/q+1. The largest absolute Gasteiger partial charge is 0.416 e. The lowest BCUT2D eigenvalue weighted by Crippen LogP contribution is -2.29. The first-order chi connectivity index (χ1) is 17.0. The van der Waals surface area contributed by atoms with E-state index in [1.807, 2.05) is 6.07 Å². The van der Waals surface area contributed by atoms with E-state index in [2.05, 4.69) is 15.1 Å². The lowest BCUT2D eigenvalue weighted by Gasteiger charge is -2.19. The fraction of sp³-hybridized carbons (Fsp3) is 0.417. The summed E-state index contributed by atoms with van der Waals surface area (Å²) in [5.74, 6) is 0.974. The van der Waals surface area contributed by atoms with E-state index in [0.717, 1.165) is 56.8 Å². The topological polar surface area (TPSA) is 77.3 Å². The van der Waals surface area contributed by atoms with Gasteiger partial charge in [-0.25, -0.2) is 0 Å². The van der Waals surface area contributed by atoms with Gasteiger partial charge in [0.15, 0.2) is 4.90 Å². The first kappa shape index (κ1) is 26.5. The molecule has 0 aliphatic carbocycles. The maximum absolute atomic E-state index is 13.3. The Labute approximate surface area is 211 Å². The lowest BCUT2D eigenvalue weighted by molar-refractivity contribution is -0.137. The number of rotatable bonds is 8. The monoisotopic (exact) mass is 541 g/mol. The van der Waals surface area contributed by atoms with Crippen LogP contribution in [0.5, 0.6) is 5.75 Å². The average Bonchev–Trinajstić information content (AvgIpc) is 3.11. The number of hydrogen-bond acceptors (Lipinski definition) is 6. The van der Waals surface area contributed by atoms with Crippen molar-refractivity contribution in [2.45, 2.75) is 35.5 Å². The molecule has 0 spiro atoms. The molecule has 0 radical (unpaired) electrons. The van der Waals surface area contributed by atoms with Crippen LogP contribution in [0.2, 0.25) is 0 Å². The van der Waals surface area contributed by atoms with Crippen molar-refractivity contribution in [3.05, 3.63) is 65.5 Å². The summed E-state index contributed by atoms with van der Waals surface area (Å²) in [5.41, 5.74) is 1.58. The minimum absolute atomic E-state index is 0.318. The molecule has 3 aromatic rings. The van der Waals surface area contributed by atoms with Crippen LogP contribution in [0.15, 0.2) is 58.8 Å². The van der Waals surface area contributed by atoms with E-state index < -0.39 is 32.8 Å². The van der Waals surface area contributed by atoms with Gasteiger partial charge < -0.3 is 9.08 Å². The number of aryl methyl sites for hydroxylation is 1. The summed E-state index contributed by atoms with van der Waals surface area (Å²) in [6.45, 7) is 2.44. The Kier molecular flexibility index (Phi) is 7.96. The molecule has 36 heavy (non-hydrogen) atoms. The van der Waals surface area contributed by atoms with Crippen LogP contribution in [0.4, 0.5) is 13.2 Å². The fourth-order valence-corrected chi connectivity index (χ4v) is 6.82. The van der Waals surface area contributed by atoms with Gasteiger partial charge in [-0.05, 0) is 48.2 Å². The number of alkyl halides is 3. The van der Waals surface area contributed by atoms with Gasteiger partial charge in [-0.2, -0.15) is 21.6 Å². The summed E-state index contributed by atoms with van der Waals surface area (Å²) in [5, 5.41) is 8.81. The maximum Gasteiger partial charge on any atom is 0.416 e. The van der Waals surface area contributed by atoms with E-state index in [-0.39, 0.29) is 0 Å². The Morgan fingerprint density at radius 2 is 1.83 bits per heavy atom. The maximum atomic E-state index is 13.3. The predicted molar refractivity (Wildman–Crippen MR) is 132 cm³/mol. The van der Waals surface area contributed by atoms with Crippen LogP contribution < -0.4 is 4.18 Å². The van der Waals surface area contributed by atoms with Crippen molar-refractivity contribution >= 4 is 21.0 Å². The number of benzene rings is 2. The van der Waals surface area contributed by atoms with Crippen molar-refractivity contribution in [2.75, 3.05) is 31.6 Å². The molecule has 1 aliphatic heterocycles. The van der Waals surface area contributed by atoms with Crippen LogP contribution in [0.25, 0.3) is 0 Å². The molecule has 2 aromatic carbocycles. The number of nitrogens with zero attached hydrogens (tertiary/aromatic N) is 4. The van der Waals surface area contributed by atoms with Gasteiger partial charge in [0.25, 0.3) is 0 Å². The summed E-state index contributed by atoms with van der Waals surface area (Å²) in [6, 6.07) is 10.9. The van der Waals surface area contributed by atoms with E-state index in [1.54, 1.807) is 36.1 Å². The van der Waals surface area contributed by atoms with Gasteiger partial charge in [0.1, 0.15) is 28.7 Å². The minimum atomic E-state index is -4.40. The second kappa shape index (κ2) is 10.8. The van der Waals surface area contributed by atoms with E-state index in [0.29, 0.717) is 21.6 Å². The molecule has 1 atom stereocenters. The molecule has 2 heterocycles. The third kappa shape index (κ3) is 6.80. The summed E-state index contributed by atoms with van der Waals surface area (Å²) in [4.78, 5) is 2.93. The van der Waals surface area contributed by atoms with Crippen LogP contribution in [0.1, 0.15) is 23.1 Å². The molecular weight excluding hydrogens is 513 g/mol. The van der Waals surface area contributed by atoms with E-state index in [1.165, 1.54) is 17.7 Å². The van der Waals surface area contributed by atoms with Crippen LogP contribution in [0, 0.1) is 0 Å². The molecule has 0 fully saturated rings. The van der Waals surface area contributed by atoms with Crippen LogP contribution in [0.3, 0.4) is 0 Å². The molecule has 1 unspecified atom stereocenters. The van der Waals surface area contributed by atoms with Crippen LogP contribution in [-0.4, -0.2) is 59.7 Å². The highest BCUT2D eigenvalue weighted by molar-refractivity contribution is 7.96. The fourth-order valence-electron chi connectivity index (χ4n) is 4.27. The smallest absolute Gasteiger partial charge is 0.383 e. The van der Waals surface area contributed by atoms with Crippen LogP contribution >= 0.6 is 0 Å². The Morgan fingerprint density at radius 1 is 1.08 bits per heavy atom. The van der Waals surface area contributed by atoms with Gasteiger partial charge in [0.2, 0.25) is 0 Å². The van der Waals surface area contributed by atoms with Crippen molar-refractivity contribution in [3.63, 3.8) is 0 Å². The Bertz CT molecular complexity index is 1310. The average molecular weight is 542 g/mol. The molecule has 0 saturated carbocycles. The Morgan fingerprint density at radius 3 is 2.50 bits per heavy atom. The molecule has 1 aliphatic rings. The van der Waals surface area contributed by atoms with Gasteiger partial charge >= 0.3 is 21.5 Å². The third-order valence-corrected chi connectivity index (χ3v) is 8.80. The van der Waals surface area contributed by atoms with Gasteiger partial charge in [0.05, 0.1) is 11.8 Å². The third-order valence-electron chi connectivity index (χ3n) is 5.98. The van der Waals surface area contributed by atoms with E-state index in [4.69, 9.17) is 4.18 Å². The minimum Gasteiger partial charge on any atom is -0.383 e. The Balaban J connectivity index is 1.42. The molecule has 0 saturated heterocycles. The van der Waals surface area contributed by atoms with E-state index >= 15 is 0 Å². The van der Waals surface area contributed by atoms with Crippen LogP contribution in [-0.2, 0) is 47.1 Å². The number of fused-ring (bicyclic) bond motifs is 1. The van der Waals surface area contributed by atoms with Crippen molar-refractivity contribution in [2.24, 2.45) is 7.05 Å². The zero-order valence-electron chi connectivity index (χ0n) is 20.0. The molecule has 194 valence electrons. The second-order valence-electron chi connectivity index (χ2n) is 8.76. The highest BCUT2D eigenvalue weighted by atomic mass is 32.2. The number of hydrogen-bond donors (Lipinski definition) is 0. The zero-order chi connectivity index (χ0) is 25.9. The quantitative estimate of drug-likeness (QED) is 0.320. The molecule has 1 aromatic heterocycles. The molecule has 4 rings (SSSR count). The number of halogens is 3. The van der Waals surface area contributed by atoms with Gasteiger partial charge in [-0.15, -0.1) is 5.10 Å². The van der Waals surface area contributed by atoms with Crippen molar-refractivity contribution < 1.29 is 25.8 Å². The molecule has 0 bridgehead atoms. The van der Waals surface area contributed by atoms with Crippen molar-refractivity contribution in [1.82, 2.24) is 19.7 Å². The summed E-state index contributed by atoms with van der Waals surface area (Å²) in [7, 11) is -2.43. The van der Waals surface area contributed by atoms with Crippen molar-refractivity contribution in [3.8, 4) is 5.75 Å². The number of aromatic nitrogens is 3. The zero-order valence-corrected chi connectivity index (χ0v) is 21.7. The molecule has 12 heteroatoms. The van der Waals surface area contributed by atoms with Gasteiger partial charge in [0, 0.05) is 39.2 Å². The normalized spacial score (nSPS) is 15.8. The highest BCUT2D eigenvalue weighted by Gasteiger charge is 2.35. The molecular formula is C24H28F3N4O3S2+. The van der Waals surface area contributed by atoms with Gasteiger partial charge in [-0.1, -0.05) is 17.2 Å². The first-order valence-corrected chi connectivity index (χ1v) is 14.7. The SMILES string of the molecule is Cn1cnnc1[S+](CCCN1CCc2ccc(OS(C)(=O)=O)cc2CC1)c1cccc(C(F)(F)F)c1. The highest BCUT2D eigenvalue weighted by Crippen LogP contribution is 2.32. The second-order valence-corrected chi connectivity index (χ2v) is 12.4. The van der Waals surface area contributed by atoms with E-state index in [9.17, 15) is 21.6 Å². The molecule has 7 nitrogen and oxygen atoms in total. The predicted octanol–water partition coefficient (Wildman–Crippen LogP) is 3.70. The molecule has 0 N–H and O–H groups in total.